The van der Waals surface area contributed by atoms with E-state index in [1.807, 2.05) is 30.3 Å². The van der Waals surface area contributed by atoms with Crippen molar-refractivity contribution in [1.82, 2.24) is 4.57 Å². The maximum atomic E-state index is 12.3. The normalized spacial score (nSPS) is 15.0. The number of nitrogens with zero attached hydrogens (tertiary/aromatic N) is 2. The molecule has 4 rings (SSSR count). The van der Waals surface area contributed by atoms with Crippen LogP contribution in [0.1, 0.15) is 23.0 Å². The number of hydrogen-bond donors (Lipinski definition) is 0. The third-order valence-corrected chi connectivity index (χ3v) is 4.98. The first-order valence-electron chi connectivity index (χ1n) is 8.46. The summed E-state index contributed by atoms with van der Waals surface area (Å²) in [4.78, 5) is 28.8. The zero-order valence-corrected chi connectivity index (χ0v) is 16.7. The summed E-state index contributed by atoms with van der Waals surface area (Å²) in [5.74, 6) is 0.144. The van der Waals surface area contributed by atoms with E-state index >= 15 is 0 Å². The highest BCUT2D eigenvalue weighted by Crippen LogP contribution is 2.28. The van der Waals surface area contributed by atoms with Crippen molar-refractivity contribution in [1.29, 1.82) is 0 Å². The summed E-state index contributed by atoms with van der Waals surface area (Å²) in [7, 11) is 1.57. The van der Waals surface area contributed by atoms with E-state index in [1.54, 1.807) is 36.0 Å². The smallest absolute Gasteiger partial charge is 0.363 e. The average Bonchev–Trinajstić information content (AvgIpc) is 3.22. The molecule has 1 aromatic heterocycles. The third-order valence-electron chi connectivity index (χ3n) is 4.36. The number of carbonyl (C=O) groups is 2. The highest BCUT2D eigenvalue weighted by Gasteiger charge is 2.25. The molecule has 0 bridgehead atoms. The van der Waals surface area contributed by atoms with Crippen LogP contribution in [0.5, 0.6) is 5.75 Å². The summed E-state index contributed by atoms with van der Waals surface area (Å²) in [6, 6.07) is 14.6. The van der Waals surface area contributed by atoms with Crippen molar-refractivity contribution in [2.45, 2.75) is 6.92 Å². The lowest BCUT2D eigenvalue weighted by atomic mass is 10.2. The van der Waals surface area contributed by atoms with Crippen LogP contribution in [0.3, 0.4) is 0 Å². The zero-order chi connectivity index (χ0) is 19.8. The number of halogens is 1. The second-order valence-electron chi connectivity index (χ2n) is 6.17. The second-order valence-corrected chi connectivity index (χ2v) is 7.02. The van der Waals surface area contributed by atoms with Crippen LogP contribution in [0, 0.1) is 0 Å². The monoisotopic (exact) mass is 438 g/mol. The van der Waals surface area contributed by atoms with E-state index in [0.29, 0.717) is 17.0 Å². The molecule has 2 aromatic carbocycles. The first-order chi connectivity index (χ1) is 13.5. The molecule has 28 heavy (non-hydrogen) atoms. The third kappa shape index (κ3) is 3.14. The number of aromatic nitrogens is 1. The summed E-state index contributed by atoms with van der Waals surface area (Å²) in [5, 5.41) is 0.902. The number of para-hydroxylation sites is 1. The number of aliphatic imine (C=N–C) groups is 1. The van der Waals surface area contributed by atoms with Crippen molar-refractivity contribution in [3.05, 3.63) is 70.0 Å². The van der Waals surface area contributed by atoms with Crippen molar-refractivity contribution in [2.24, 2.45) is 4.99 Å². The topological polar surface area (TPSA) is 69.9 Å². The van der Waals surface area contributed by atoms with E-state index in [4.69, 9.17) is 9.47 Å². The Kier molecular flexibility index (Phi) is 4.60. The number of fused-ring (bicyclic) bond motifs is 1. The maximum absolute atomic E-state index is 12.3. The number of cyclic esters (lactones) is 1. The number of carbonyl (C=O) groups excluding carboxylic acids is 2. The van der Waals surface area contributed by atoms with Crippen LogP contribution < -0.4 is 4.74 Å². The van der Waals surface area contributed by atoms with Crippen LogP contribution in [0.2, 0.25) is 0 Å². The van der Waals surface area contributed by atoms with Crippen molar-refractivity contribution >= 4 is 50.7 Å². The van der Waals surface area contributed by atoms with Crippen LogP contribution in [0.4, 0.5) is 0 Å². The van der Waals surface area contributed by atoms with Gasteiger partial charge in [0.2, 0.25) is 11.8 Å². The molecule has 0 saturated heterocycles. The van der Waals surface area contributed by atoms with E-state index < -0.39 is 5.97 Å². The number of hydrogen-bond acceptors (Lipinski definition) is 5. The highest BCUT2D eigenvalue weighted by molar-refractivity contribution is 9.10. The van der Waals surface area contributed by atoms with Crippen LogP contribution in [-0.2, 0) is 9.53 Å². The number of methoxy groups -OCH3 is 1. The SMILES string of the molecule is COc1ccc(C2=NC(=Cc3cc4ccccc4n3C(C)=O)C(=O)O2)cc1Br. The van der Waals surface area contributed by atoms with Gasteiger partial charge in [0.05, 0.1) is 22.8 Å². The zero-order valence-electron chi connectivity index (χ0n) is 15.1. The van der Waals surface area contributed by atoms with Crippen LogP contribution in [0.25, 0.3) is 17.0 Å². The highest BCUT2D eigenvalue weighted by atomic mass is 79.9. The van der Waals surface area contributed by atoms with Crippen molar-refractivity contribution in [3.8, 4) is 5.75 Å². The van der Waals surface area contributed by atoms with E-state index in [-0.39, 0.29) is 17.5 Å². The summed E-state index contributed by atoms with van der Waals surface area (Å²) >= 11 is 3.41. The Balaban J connectivity index is 1.77. The van der Waals surface area contributed by atoms with Gasteiger partial charge < -0.3 is 9.47 Å². The van der Waals surface area contributed by atoms with E-state index in [0.717, 1.165) is 15.4 Å². The predicted octanol–water partition coefficient (Wildman–Crippen LogP) is 4.42. The molecular formula is C21H15BrN2O4. The number of esters is 1. The fourth-order valence-electron chi connectivity index (χ4n) is 3.11. The molecule has 0 spiro atoms. The molecule has 1 aliphatic rings. The van der Waals surface area contributed by atoms with Gasteiger partial charge in [-0.1, -0.05) is 18.2 Å². The minimum atomic E-state index is -0.567. The molecule has 0 aliphatic carbocycles. The lowest BCUT2D eigenvalue weighted by Crippen LogP contribution is -2.08. The molecule has 0 saturated carbocycles. The van der Waals surface area contributed by atoms with Gasteiger partial charge >= 0.3 is 5.97 Å². The van der Waals surface area contributed by atoms with E-state index in [9.17, 15) is 9.59 Å². The standard InChI is InChI=1S/C21H15BrN2O4/c1-12(25)24-15(9-13-5-3-4-6-18(13)24)11-17-21(26)28-20(23-17)14-7-8-19(27-2)16(22)10-14/h3-11H,1-2H3. The Bertz CT molecular complexity index is 1190. The molecule has 7 heteroatoms. The van der Waals surface area contributed by atoms with Gasteiger partial charge in [-0.05, 0) is 52.3 Å². The van der Waals surface area contributed by atoms with Crippen LogP contribution in [-0.4, -0.2) is 29.5 Å². The minimum absolute atomic E-state index is 0.132. The molecule has 3 aromatic rings. The van der Waals surface area contributed by atoms with Crippen molar-refractivity contribution < 1.29 is 19.1 Å². The summed E-state index contributed by atoms with van der Waals surface area (Å²) < 4.78 is 12.8. The van der Waals surface area contributed by atoms with Gasteiger partial charge in [0.1, 0.15) is 5.75 Å². The van der Waals surface area contributed by atoms with Crippen molar-refractivity contribution in [2.75, 3.05) is 7.11 Å². The average molecular weight is 439 g/mol. The van der Waals surface area contributed by atoms with Gasteiger partial charge in [-0.3, -0.25) is 9.36 Å². The summed E-state index contributed by atoms with van der Waals surface area (Å²) in [5.41, 5.74) is 2.11. The van der Waals surface area contributed by atoms with Gasteiger partial charge in [0.15, 0.2) is 5.70 Å². The van der Waals surface area contributed by atoms with Gasteiger partial charge in [0.25, 0.3) is 0 Å². The molecule has 0 amide bonds. The Morgan fingerprint density at radius 1 is 1.21 bits per heavy atom. The molecule has 0 atom stereocenters. The molecule has 2 heterocycles. The maximum Gasteiger partial charge on any atom is 0.363 e. The molecule has 0 N–H and O–H groups in total. The molecular weight excluding hydrogens is 424 g/mol. The second kappa shape index (κ2) is 7.09. The van der Waals surface area contributed by atoms with E-state index in [2.05, 4.69) is 20.9 Å². The van der Waals surface area contributed by atoms with E-state index in [1.165, 1.54) is 6.92 Å². The fourth-order valence-corrected chi connectivity index (χ4v) is 3.65. The summed E-state index contributed by atoms with van der Waals surface area (Å²) in [6.07, 6.45) is 1.56. The lowest BCUT2D eigenvalue weighted by molar-refractivity contribution is -0.129. The molecule has 6 nitrogen and oxygen atoms in total. The Morgan fingerprint density at radius 3 is 2.71 bits per heavy atom. The number of ether oxygens (including phenoxy) is 2. The number of rotatable bonds is 3. The first-order valence-corrected chi connectivity index (χ1v) is 9.25. The lowest BCUT2D eigenvalue weighted by Gasteiger charge is -2.05. The molecule has 0 radical (unpaired) electrons. The van der Waals surface area contributed by atoms with Crippen LogP contribution >= 0.6 is 15.9 Å². The molecule has 140 valence electrons. The molecule has 0 fully saturated rings. The number of benzene rings is 2. The molecule has 0 unspecified atom stereocenters. The summed E-state index contributed by atoms with van der Waals surface area (Å²) in [6.45, 7) is 1.48. The Labute approximate surface area is 169 Å². The van der Waals surface area contributed by atoms with Gasteiger partial charge in [-0.25, -0.2) is 9.79 Å². The largest absolute Gasteiger partial charge is 0.496 e. The van der Waals surface area contributed by atoms with Gasteiger partial charge in [-0.2, -0.15) is 0 Å². The Morgan fingerprint density at radius 2 is 2.00 bits per heavy atom. The van der Waals surface area contributed by atoms with Crippen LogP contribution in [0.15, 0.2) is 63.7 Å². The quantitative estimate of drug-likeness (QED) is 0.448. The van der Waals surface area contributed by atoms with Gasteiger partial charge in [0, 0.05) is 17.9 Å². The van der Waals surface area contributed by atoms with Gasteiger partial charge in [-0.15, -0.1) is 0 Å². The minimum Gasteiger partial charge on any atom is -0.496 e. The molecule has 1 aliphatic heterocycles. The Hall–Kier alpha value is -3.19. The van der Waals surface area contributed by atoms with Crippen molar-refractivity contribution in [3.63, 3.8) is 0 Å². The fraction of sp³-hybridized carbons (Fsp3) is 0.0952. The first kappa shape index (κ1) is 18.2. The predicted molar refractivity (Wildman–Crippen MR) is 110 cm³/mol.